The second kappa shape index (κ2) is 8.68. The smallest absolute Gasteiger partial charge is 0.269 e. The average Bonchev–Trinajstić information content (AvgIpc) is 2.73. The summed E-state index contributed by atoms with van der Waals surface area (Å²) in [6.07, 6.45) is 0. The van der Waals surface area contributed by atoms with Gasteiger partial charge in [0.25, 0.3) is 15.9 Å². The molecule has 10 heteroatoms. The van der Waals surface area contributed by atoms with Crippen LogP contribution in [0.2, 0.25) is 0 Å². The van der Waals surface area contributed by atoms with E-state index in [1.807, 2.05) is 0 Å². The average molecular weight is 449 g/mol. The molecule has 0 aromatic heterocycles. The fourth-order valence-electron chi connectivity index (χ4n) is 2.75. The molecule has 0 atom stereocenters. The number of carbonyl (C=O) groups excluding carboxylic acids is 1. The van der Waals surface area contributed by atoms with Crippen LogP contribution in [0.15, 0.2) is 59.5 Å². The maximum Gasteiger partial charge on any atom is 0.269 e. The molecular formula is C21H18F3N3O3S. The van der Waals surface area contributed by atoms with Crippen molar-refractivity contribution in [3.8, 4) is 0 Å². The largest absolute Gasteiger partial charge is 0.295 e. The molecule has 0 spiro atoms. The van der Waals surface area contributed by atoms with Gasteiger partial charge >= 0.3 is 0 Å². The molecule has 3 aromatic carbocycles. The van der Waals surface area contributed by atoms with Crippen LogP contribution < -0.4 is 15.6 Å². The van der Waals surface area contributed by atoms with Gasteiger partial charge in [0.15, 0.2) is 17.5 Å². The third kappa shape index (κ3) is 4.97. The lowest BCUT2D eigenvalue weighted by molar-refractivity contribution is 0.0962. The van der Waals surface area contributed by atoms with Gasteiger partial charge in [0.05, 0.1) is 10.6 Å². The van der Waals surface area contributed by atoms with E-state index in [-0.39, 0.29) is 16.1 Å². The number of sulfonamides is 1. The van der Waals surface area contributed by atoms with Crippen molar-refractivity contribution in [2.75, 3.05) is 10.1 Å². The van der Waals surface area contributed by atoms with Crippen LogP contribution in [-0.4, -0.2) is 14.3 Å². The highest BCUT2D eigenvalue weighted by atomic mass is 32.2. The fourth-order valence-corrected chi connectivity index (χ4v) is 4.13. The molecule has 0 bridgehead atoms. The molecule has 162 valence electrons. The van der Waals surface area contributed by atoms with Crippen LogP contribution in [-0.2, 0) is 10.0 Å². The molecule has 3 aromatic rings. The number of rotatable bonds is 6. The van der Waals surface area contributed by atoms with E-state index in [0.29, 0.717) is 11.6 Å². The predicted molar refractivity (Wildman–Crippen MR) is 111 cm³/mol. The molecule has 1 amide bonds. The number of hydrogen-bond acceptors (Lipinski definition) is 4. The number of carbonyl (C=O) groups is 1. The highest BCUT2D eigenvalue weighted by molar-refractivity contribution is 7.92. The third-order valence-electron chi connectivity index (χ3n) is 4.36. The highest BCUT2D eigenvalue weighted by Gasteiger charge is 2.18. The van der Waals surface area contributed by atoms with E-state index in [4.69, 9.17) is 0 Å². The maximum atomic E-state index is 13.7. The number of halogens is 3. The van der Waals surface area contributed by atoms with Gasteiger partial charge in [-0.1, -0.05) is 18.2 Å². The van der Waals surface area contributed by atoms with Crippen LogP contribution >= 0.6 is 0 Å². The Balaban J connectivity index is 1.76. The first kappa shape index (κ1) is 22.2. The molecule has 0 radical (unpaired) electrons. The minimum Gasteiger partial charge on any atom is -0.295 e. The van der Waals surface area contributed by atoms with Gasteiger partial charge in [-0.3, -0.25) is 20.4 Å². The molecule has 0 saturated heterocycles. The van der Waals surface area contributed by atoms with E-state index in [0.717, 1.165) is 11.6 Å². The Labute approximate surface area is 177 Å². The maximum absolute atomic E-state index is 13.7. The number of anilines is 2. The lowest BCUT2D eigenvalue weighted by atomic mass is 10.2. The first-order valence-electron chi connectivity index (χ1n) is 8.98. The summed E-state index contributed by atoms with van der Waals surface area (Å²) in [6, 6.07) is 12.2. The summed E-state index contributed by atoms with van der Waals surface area (Å²) in [7, 11) is -3.90. The van der Waals surface area contributed by atoms with Crippen LogP contribution in [0.3, 0.4) is 0 Å². The van der Waals surface area contributed by atoms with Gasteiger partial charge in [-0.25, -0.2) is 21.6 Å². The van der Waals surface area contributed by atoms with Crippen LogP contribution in [0.4, 0.5) is 24.5 Å². The van der Waals surface area contributed by atoms with E-state index in [1.54, 1.807) is 26.0 Å². The Morgan fingerprint density at radius 3 is 2.39 bits per heavy atom. The Morgan fingerprint density at radius 1 is 0.903 bits per heavy atom. The number of aryl methyl sites for hydroxylation is 2. The zero-order valence-electron chi connectivity index (χ0n) is 16.5. The van der Waals surface area contributed by atoms with Crippen molar-refractivity contribution in [3.05, 3.63) is 88.7 Å². The van der Waals surface area contributed by atoms with E-state index in [2.05, 4.69) is 15.6 Å². The molecule has 3 rings (SSSR count). The second-order valence-electron chi connectivity index (χ2n) is 6.76. The molecule has 0 heterocycles. The Bertz CT molecular complexity index is 1260. The summed E-state index contributed by atoms with van der Waals surface area (Å²) in [6.45, 7) is 3.44. The van der Waals surface area contributed by atoms with Crippen LogP contribution in [0.1, 0.15) is 21.5 Å². The van der Waals surface area contributed by atoms with Crippen molar-refractivity contribution in [1.82, 2.24) is 5.43 Å². The second-order valence-corrected chi connectivity index (χ2v) is 8.41. The minimum atomic E-state index is -3.90. The summed E-state index contributed by atoms with van der Waals surface area (Å²) in [5, 5.41) is 0. The highest BCUT2D eigenvalue weighted by Crippen LogP contribution is 2.22. The van der Waals surface area contributed by atoms with Crippen molar-refractivity contribution >= 4 is 27.3 Å². The summed E-state index contributed by atoms with van der Waals surface area (Å²) >= 11 is 0. The van der Waals surface area contributed by atoms with Gasteiger partial charge in [0, 0.05) is 11.3 Å². The van der Waals surface area contributed by atoms with E-state index in [9.17, 15) is 26.4 Å². The predicted octanol–water partition coefficient (Wildman–Crippen LogP) is 4.28. The van der Waals surface area contributed by atoms with Crippen molar-refractivity contribution in [1.29, 1.82) is 0 Å². The molecule has 6 nitrogen and oxygen atoms in total. The normalized spacial score (nSPS) is 11.1. The van der Waals surface area contributed by atoms with Crippen LogP contribution in [0.5, 0.6) is 0 Å². The SMILES string of the molecule is Cc1ccc(C)c(S(=O)(=O)Nc2cccc(C(=O)NNc3ccc(F)c(F)c3F)c2)c1. The molecule has 0 fully saturated rings. The van der Waals surface area contributed by atoms with Crippen molar-refractivity contribution in [2.24, 2.45) is 0 Å². The van der Waals surface area contributed by atoms with E-state index >= 15 is 0 Å². The topological polar surface area (TPSA) is 87.3 Å². The number of hydrogen-bond donors (Lipinski definition) is 3. The summed E-state index contributed by atoms with van der Waals surface area (Å²) in [5.74, 6) is -5.28. The number of hydrazine groups is 1. The standard InChI is InChI=1S/C21H18F3N3O3S/c1-12-6-7-13(2)18(10-12)31(29,30)27-15-5-3-4-14(11-15)21(28)26-25-17-9-8-16(22)19(23)20(17)24/h3-11,25,27H,1-2H3,(H,26,28). The molecule has 0 aliphatic heterocycles. The van der Waals surface area contributed by atoms with Gasteiger partial charge in [-0.2, -0.15) is 0 Å². The van der Waals surface area contributed by atoms with Gasteiger partial charge in [0.1, 0.15) is 0 Å². The van der Waals surface area contributed by atoms with Crippen LogP contribution in [0, 0.1) is 31.3 Å². The van der Waals surface area contributed by atoms with Crippen LogP contribution in [0.25, 0.3) is 0 Å². The number of amides is 1. The van der Waals surface area contributed by atoms with Gasteiger partial charge in [-0.15, -0.1) is 0 Å². The molecule has 0 unspecified atom stereocenters. The fraction of sp³-hybridized carbons (Fsp3) is 0.0952. The molecule has 0 saturated carbocycles. The number of nitrogens with one attached hydrogen (secondary N) is 3. The monoisotopic (exact) mass is 449 g/mol. The molecule has 31 heavy (non-hydrogen) atoms. The lowest BCUT2D eigenvalue weighted by Gasteiger charge is -2.13. The van der Waals surface area contributed by atoms with Crippen molar-refractivity contribution in [2.45, 2.75) is 18.7 Å². The number of benzene rings is 3. The minimum absolute atomic E-state index is 0.0386. The molecule has 3 N–H and O–H groups in total. The van der Waals surface area contributed by atoms with Crippen molar-refractivity contribution in [3.63, 3.8) is 0 Å². The first-order valence-corrected chi connectivity index (χ1v) is 10.5. The van der Waals surface area contributed by atoms with Gasteiger partial charge < -0.3 is 0 Å². The molecule has 0 aliphatic rings. The summed E-state index contributed by atoms with van der Waals surface area (Å²) in [4.78, 5) is 12.4. The third-order valence-corrected chi connectivity index (χ3v) is 5.88. The van der Waals surface area contributed by atoms with Gasteiger partial charge in [-0.05, 0) is 61.4 Å². The zero-order valence-corrected chi connectivity index (χ0v) is 17.3. The Hall–Kier alpha value is -3.53. The quantitative estimate of drug-likeness (QED) is 0.387. The Morgan fingerprint density at radius 2 is 1.65 bits per heavy atom. The van der Waals surface area contributed by atoms with Gasteiger partial charge in [0.2, 0.25) is 0 Å². The van der Waals surface area contributed by atoms with Crippen molar-refractivity contribution < 1.29 is 26.4 Å². The first-order chi connectivity index (χ1) is 14.6. The van der Waals surface area contributed by atoms with E-state index < -0.39 is 39.1 Å². The van der Waals surface area contributed by atoms with E-state index in [1.165, 1.54) is 30.3 Å². The zero-order chi connectivity index (χ0) is 22.8. The lowest BCUT2D eigenvalue weighted by Crippen LogP contribution is -2.30. The molecule has 0 aliphatic carbocycles. The summed E-state index contributed by atoms with van der Waals surface area (Å²) < 4.78 is 67.8. The summed E-state index contributed by atoms with van der Waals surface area (Å²) in [5.41, 5.74) is 5.34. The molecular weight excluding hydrogens is 431 g/mol. The Kier molecular flexibility index (Phi) is 6.21.